The first kappa shape index (κ1) is 14.4. The number of benzene rings is 1. The van der Waals surface area contributed by atoms with Crippen LogP contribution < -0.4 is 0 Å². The molecule has 7 heteroatoms. The lowest BCUT2D eigenvalue weighted by Gasteiger charge is -2.08. The fraction of sp³-hybridized carbons (Fsp3) is 0.0833. The van der Waals surface area contributed by atoms with E-state index >= 15 is 0 Å². The van der Waals surface area contributed by atoms with Crippen LogP contribution in [0.15, 0.2) is 30.5 Å². The lowest BCUT2D eigenvalue weighted by atomic mass is 10.1. The number of rotatable bonds is 1. The standard InChI is InChI=1S/C12H5Cl3F3N/c13-8-3-7(4-9(14)11(8)15)6-1-2-10(19-5-6)12(16,17)18/h1-5H. The Morgan fingerprint density at radius 1 is 0.895 bits per heavy atom. The predicted molar refractivity (Wildman–Crippen MR) is 69.7 cm³/mol. The summed E-state index contributed by atoms with van der Waals surface area (Å²) in [6, 6.07) is 5.22. The van der Waals surface area contributed by atoms with Gasteiger partial charge < -0.3 is 0 Å². The van der Waals surface area contributed by atoms with Crippen molar-refractivity contribution in [2.45, 2.75) is 6.18 Å². The molecule has 2 aromatic rings. The summed E-state index contributed by atoms with van der Waals surface area (Å²) in [6.07, 6.45) is -3.35. The lowest BCUT2D eigenvalue weighted by molar-refractivity contribution is -0.141. The highest BCUT2D eigenvalue weighted by Crippen LogP contribution is 2.35. The Balaban J connectivity index is 2.43. The van der Waals surface area contributed by atoms with Gasteiger partial charge in [-0.1, -0.05) is 40.9 Å². The zero-order valence-corrected chi connectivity index (χ0v) is 11.4. The molecule has 0 N–H and O–H groups in total. The van der Waals surface area contributed by atoms with Gasteiger partial charge in [0.15, 0.2) is 0 Å². The van der Waals surface area contributed by atoms with E-state index in [2.05, 4.69) is 4.98 Å². The molecule has 0 unspecified atom stereocenters. The molecule has 0 bridgehead atoms. The molecule has 0 saturated carbocycles. The van der Waals surface area contributed by atoms with Gasteiger partial charge in [-0.25, -0.2) is 0 Å². The van der Waals surface area contributed by atoms with Gasteiger partial charge in [0.25, 0.3) is 0 Å². The van der Waals surface area contributed by atoms with Crippen LogP contribution in [-0.2, 0) is 6.18 Å². The van der Waals surface area contributed by atoms with Crippen molar-refractivity contribution < 1.29 is 13.2 Å². The maximum atomic E-state index is 12.4. The Bertz CT molecular complexity index is 586. The van der Waals surface area contributed by atoms with E-state index in [0.717, 1.165) is 12.3 Å². The van der Waals surface area contributed by atoms with E-state index in [1.54, 1.807) is 0 Å². The van der Waals surface area contributed by atoms with E-state index in [4.69, 9.17) is 34.8 Å². The fourth-order valence-electron chi connectivity index (χ4n) is 1.45. The number of alkyl halides is 3. The molecule has 1 nitrogen and oxygen atoms in total. The largest absolute Gasteiger partial charge is 0.433 e. The summed E-state index contributed by atoms with van der Waals surface area (Å²) < 4.78 is 37.1. The van der Waals surface area contributed by atoms with Gasteiger partial charge in [0, 0.05) is 11.8 Å². The summed E-state index contributed by atoms with van der Waals surface area (Å²) in [5.41, 5.74) is 0.0523. The van der Waals surface area contributed by atoms with E-state index < -0.39 is 11.9 Å². The van der Waals surface area contributed by atoms with Gasteiger partial charge in [-0.3, -0.25) is 4.98 Å². The number of aromatic nitrogens is 1. The minimum Gasteiger partial charge on any atom is -0.251 e. The second kappa shape index (κ2) is 5.19. The molecular formula is C12H5Cl3F3N. The number of pyridine rings is 1. The van der Waals surface area contributed by atoms with Gasteiger partial charge in [-0.2, -0.15) is 13.2 Å². The normalized spacial score (nSPS) is 11.7. The molecule has 19 heavy (non-hydrogen) atoms. The number of nitrogens with zero attached hydrogens (tertiary/aromatic N) is 1. The molecule has 0 spiro atoms. The Morgan fingerprint density at radius 3 is 1.89 bits per heavy atom. The molecule has 0 saturated heterocycles. The van der Waals surface area contributed by atoms with E-state index in [0.29, 0.717) is 11.1 Å². The molecule has 0 aliphatic rings. The summed E-state index contributed by atoms with van der Waals surface area (Å²) in [4.78, 5) is 3.36. The second-order valence-corrected chi connectivity index (χ2v) is 4.88. The van der Waals surface area contributed by atoms with Crippen LogP contribution >= 0.6 is 34.8 Å². The molecule has 0 atom stereocenters. The van der Waals surface area contributed by atoms with E-state index in [1.807, 2.05) is 0 Å². The van der Waals surface area contributed by atoms with Crippen molar-refractivity contribution in [3.63, 3.8) is 0 Å². The number of hydrogen-bond donors (Lipinski definition) is 0. The SMILES string of the molecule is FC(F)(F)c1ccc(-c2cc(Cl)c(Cl)c(Cl)c2)cn1. The molecule has 0 fully saturated rings. The molecule has 1 heterocycles. The van der Waals surface area contributed by atoms with Crippen LogP contribution in [0.4, 0.5) is 13.2 Å². The molecule has 1 aromatic heterocycles. The Morgan fingerprint density at radius 2 is 1.47 bits per heavy atom. The van der Waals surface area contributed by atoms with Crippen LogP contribution in [0.3, 0.4) is 0 Å². The van der Waals surface area contributed by atoms with E-state index in [-0.39, 0.29) is 15.1 Å². The fourth-order valence-corrected chi connectivity index (χ4v) is 2.05. The molecule has 0 aliphatic heterocycles. The summed E-state index contributed by atoms with van der Waals surface area (Å²) in [6.45, 7) is 0. The first-order valence-electron chi connectivity index (χ1n) is 4.97. The van der Waals surface area contributed by atoms with Crippen LogP contribution in [0.25, 0.3) is 11.1 Å². The smallest absolute Gasteiger partial charge is 0.251 e. The average molecular weight is 327 g/mol. The molecular weight excluding hydrogens is 321 g/mol. The Labute approximate surface area is 121 Å². The zero-order chi connectivity index (χ0) is 14.2. The summed E-state index contributed by atoms with van der Waals surface area (Å²) in [7, 11) is 0. The van der Waals surface area contributed by atoms with Crippen LogP contribution in [0.5, 0.6) is 0 Å². The molecule has 1 aromatic carbocycles. The summed E-state index contributed by atoms with van der Waals surface area (Å²) in [5.74, 6) is 0. The van der Waals surface area contributed by atoms with Crippen molar-refractivity contribution in [3.8, 4) is 11.1 Å². The first-order valence-corrected chi connectivity index (χ1v) is 6.10. The third-order valence-electron chi connectivity index (χ3n) is 2.37. The summed E-state index contributed by atoms with van der Waals surface area (Å²) >= 11 is 17.5. The van der Waals surface area contributed by atoms with Crippen LogP contribution in [0.1, 0.15) is 5.69 Å². The van der Waals surface area contributed by atoms with Crippen LogP contribution in [0, 0.1) is 0 Å². The highest BCUT2D eigenvalue weighted by Gasteiger charge is 2.32. The third kappa shape index (κ3) is 3.14. The molecule has 100 valence electrons. The monoisotopic (exact) mass is 325 g/mol. The maximum Gasteiger partial charge on any atom is 0.433 e. The summed E-state index contributed by atoms with van der Waals surface area (Å²) in [5, 5.41) is 0.653. The predicted octanol–water partition coefficient (Wildman–Crippen LogP) is 5.73. The maximum absolute atomic E-state index is 12.4. The topological polar surface area (TPSA) is 12.9 Å². The second-order valence-electron chi connectivity index (χ2n) is 3.68. The van der Waals surface area contributed by atoms with E-state index in [9.17, 15) is 13.2 Å². The van der Waals surface area contributed by atoms with Crippen molar-refractivity contribution in [1.82, 2.24) is 4.98 Å². The van der Waals surface area contributed by atoms with Crippen molar-refractivity contribution in [3.05, 3.63) is 51.2 Å². The minimum absolute atomic E-state index is 0.201. The number of hydrogen-bond acceptors (Lipinski definition) is 1. The Kier molecular flexibility index (Phi) is 3.95. The van der Waals surface area contributed by atoms with Gasteiger partial charge in [-0.05, 0) is 23.8 Å². The van der Waals surface area contributed by atoms with Gasteiger partial charge in [-0.15, -0.1) is 0 Å². The van der Waals surface area contributed by atoms with Crippen molar-refractivity contribution in [2.24, 2.45) is 0 Å². The molecule has 0 radical (unpaired) electrons. The number of halogens is 6. The first-order chi connectivity index (χ1) is 8.79. The highest BCUT2D eigenvalue weighted by molar-refractivity contribution is 6.48. The average Bonchev–Trinajstić information content (AvgIpc) is 2.34. The van der Waals surface area contributed by atoms with Gasteiger partial charge in [0.05, 0.1) is 15.1 Å². The molecule has 2 rings (SSSR count). The van der Waals surface area contributed by atoms with Crippen LogP contribution in [-0.4, -0.2) is 4.98 Å². The lowest BCUT2D eigenvalue weighted by Crippen LogP contribution is -2.07. The minimum atomic E-state index is -4.46. The molecule has 0 aliphatic carbocycles. The van der Waals surface area contributed by atoms with Crippen LogP contribution in [0.2, 0.25) is 15.1 Å². The Hall–Kier alpha value is -0.970. The highest BCUT2D eigenvalue weighted by atomic mass is 35.5. The van der Waals surface area contributed by atoms with Crippen molar-refractivity contribution >= 4 is 34.8 Å². The van der Waals surface area contributed by atoms with Gasteiger partial charge in [0.2, 0.25) is 0 Å². The zero-order valence-electron chi connectivity index (χ0n) is 9.10. The molecule has 0 amide bonds. The van der Waals surface area contributed by atoms with Crippen molar-refractivity contribution in [1.29, 1.82) is 0 Å². The third-order valence-corrected chi connectivity index (χ3v) is 3.57. The van der Waals surface area contributed by atoms with Gasteiger partial charge in [0.1, 0.15) is 5.69 Å². The van der Waals surface area contributed by atoms with Gasteiger partial charge >= 0.3 is 6.18 Å². The van der Waals surface area contributed by atoms with Crippen molar-refractivity contribution in [2.75, 3.05) is 0 Å². The van der Waals surface area contributed by atoms with E-state index in [1.165, 1.54) is 18.2 Å². The quantitative estimate of drug-likeness (QED) is 0.610.